The van der Waals surface area contributed by atoms with E-state index in [1.165, 1.54) is 0 Å². The third kappa shape index (κ3) is 7.25. The van der Waals surface area contributed by atoms with Crippen LogP contribution in [0.3, 0.4) is 0 Å². The van der Waals surface area contributed by atoms with E-state index in [0.717, 1.165) is 5.39 Å². The summed E-state index contributed by atoms with van der Waals surface area (Å²) in [5.41, 5.74) is 0.662. The number of phenols is 1. The van der Waals surface area contributed by atoms with E-state index < -0.39 is 0 Å². The molecule has 3 rings (SSSR count). The Hall–Kier alpha value is -0.610. The number of fused-ring (bicyclic) bond motifs is 1. The smallest absolute Gasteiger partial charge is 1.00 e. The molecule has 0 aliphatic carbocycles. The summed E-state index contributed by atoms with van der Waals surface area (Å²) in [6, 6.07) is 19.1. The molecule has 2 aromatic carbocycles. The van der Waals surface area contributed by atoms with Crippen molar-refractivity contribution in [3.63, 3.8) is 0 Å². The van der Waals surface area contributed by atoms with Crippen molar-refractivity contribution in [3.05, 3.63) is 66.9 Å². The minimum Gasteiger partial charge on any atom is -1.00 e. The van der Waals surface area contributed by atoms with Crippen molar-refractivity contribution in [2.45, 2.75) is 0 Å². The van der Waals surface area contributed by atoms with Crippen LogP contribution >= 0.6 is 0 Å². The van der Waals surface area contributed by atoms with Crippen molar-refractivity contribution in [3.8, 4) is 5.75 Å². The summed E-state index contributed by atoms with van der Waals surface area (Å²) in [5, 5.41) is 10.3. The summed E-state index contributed by atoms with van der Waals surface area (Å²) < 4.78 is 0. The summed E-state index contributed by atoms with van der Waals surface area (Å²) in [7, 11) is 0. The average molecular weight is 410 g/mol. The maximum atomic E-state index is 9.31. The van der Waals surface area contributed by atoms with Crippen LogP contribution in [0.4, 0.5) is 0 Å². The second-order valence-electron chi connectivity index (χ2n) is 3.31. The van der Waals surface area contributed by atoms with Crippen LogP contribution in [0.5, 0.6) is 5.75 Å². The standard InChI is InChI=1S/C9H7NO.C5H5.3ClH.Nb/c11-8-5-1-3-7-4-2-6-10-9(7)8;1-2-4-5-3-1;;;;/h1-6,11H;1-5H;3*1H;/q;-1;;;;+3/p-3. The number of phenolic OH excluding ortho intramolecular Hbond substituents is 1. The first-order valence-corrected chi connectivity index (χ1v) is 5.07. The van der Waals surface area contributed by atoms with Gasteiger partial charge in [0.05, 0.1) is 0 Å². The molecule has 1 N–H and O–H groups in total. The SMILES string of the molecule is Oc1cccc2cccnc12.[Cl-].[Cl-].[Cl-].[Nb+3].c1cc[cH-]c1. The number of hydrogen-bond acceptors (Lipinski definition) is 2. The van der Waals surface area contributed by atoms with Crippen LogP contribution in [0.2, 0.25) is 0 Å². The number of aromatic nitrogens is 1. The summed E-state index contributed by atoms with van der Waals surface area (Å²) in [4.78, 5) is 4.03. The van der Waals surface area contributed by atoms with Crippen LogP contribution in [0.15, 0.2) is 66.9 Å². The Morgan fingerprint density at radius 3 is 1.95 bits per heavy atom. The van der Waals surface area contributed by atoms with Crippen LogP contribution in [0, 0.1) is 0 Å². The largest absolute Gasteiger partial charge is 3.00 e. The van der Waals surface area contributed by atoms with Crippen molar-refractivity contribution in [1.82, 2.24) is 4.98 Å². The molecule has 0 unspecified atom stereocenters. The minimum absolute atomic E-state index is 0. The van der Waals surface area contributed by atoms with Crippen molar-refractivity contribution in [1.29, 1.82) is 0 Å². The zero-order valence-corrected chi connectivity index (χ0v) is 14.8. The van der Waals surface area contributed by atoms with Gasteiger partial charge in [-0.2, -0.15) is 18.2 Å². The third-order valence-electron chi connectivity index (χ3n) is 2.17. The van der Waals surface area contributed by atoms with Gasteiger partial charge < -0.3 is 42.3 Å². The number of aromatic hydroxyl groups is 1. The molecule has 106 valence electrons. The molecule has 1 aromatic heterocycles. The molecule has 0 saturated heterocycles. The van der Waals surface area contributed by atoms with Crippen LogP contribution in [0.1, 0.15) is 0 Å². The number of pyridine rings is 1. The van der Waals surface area contributed by atoms with E-state index in [2.05, 4.69) is 4.98 Å². The molecular formula is C14H12Cl3NNbO-. The third-order valence-corrected chi connectivity index (χ3v) is 2.17. The predicted octanol–water partition coefficient (Wildman–Crippen LogP) is -5.64. The van der Waals surface area contributed by atoms with Gasteiger partial charge >= 0.3 is 22.4 Å². The van der Waals surface area contributed by atoms with Crippen LogP contribution in [-0.2, 0) is 22.4 Å². The number of nitrogens with zero attached hydrogens (tertiary/aromatic N) is 1. The number of halogens is 3. The van der Waals surface area contributed by atoms with Crippen molar-refractivity contribution in [2.75, 3.05) is 0 Å². The summed E-state index contributed by atoms with van der Waals surface area (Å²) >= 11 is 0. The molecule has 0 atom stereocenters. The van der Waals surface area contributed by atoms with Gasteiger partial charge in [-0.15, -0.1) is 0 Å². The van der Waals surface area contributed by atoms with E-state index in [-0.39, 0.29) is 65.4 Å². The maximum Gasteiger partial charge on any atom is 3.00 e. The molecule has 0 radical (unpaired) electrons. The first kappa shape index (κ1) is 24.4. The Morgan fingerprint density at radius 1 is 0.850 bits per heavy atom. The first-order chi connectivity index (χ1) is 7.88. The van der Waals surface area contributed by atoms with E-state index in [9.17, 15) is 5.11 Å². The molecular weight excluding hydrogens is 397 g/mol. The first-order valence-electron chi connectivity index (χ1n) is 5.07. The molecule has 0 fully saturated rings. The monoisotopic (exact) mass is 408 g/mol. The molecule has 0 spiro atoms. The van der Waals surface area contributed by atoms with Gasteiger partial charge in [0.1, 0.15) is 11.3 Å². The fourth-order valence-electron chi connectivity index (χ4n) is 1.41. The average Bonchev–Trinajstić information content (AvgIpc) is 2.88. The van der Waals surface area contributed by atoms with E-state index in [1.807, 2.05) is 48.5 Å². The molecule has 0 bridgehead atoms. The second kappa shape index (κ2) is 13.4. The maximum absolute atomic E-state index is 9.31. The van der Waals surface area contributed by atoms with Crippen LogP contribution in [0.25, 0.3) is 10.9 Å². The Kier molecular flexibility index (Phi) is 16.3. The fourth-order valence-corrected chi connectivity index (χ4v) is 1.41. The van der Waals surface area contributed by atoms with E-state index in [4.69, 9.17) is 0 Å². The van der Waals surface area contributed by atoms with Gasteiger partial charge in [0, 0.05) is 11.6 Å². The predicted molar refractivity (Wildman–Crippen MR) is 65.4 cm³/mol. The normalized spacial score (nSPS) is 7.60. The van der Waals surface area contributed by atoms with Gasteiger partial charge in [-0.3, -0.25) is 4.98 Å². The molecule has 1 heterocycles. The molecule has 0 aliphatic heterocycles. The van der Waals surface area contributed by atoms with Gasteiger partial charge in [0.15, 0.2) is 0 Å². The van der Waals surface area contributed by atoms with E-state index >= 15 is 0 Å². The minimum atomic E-state index is 0. The van der Waals surface area contributed by atoms with Crippen molar-refractivity contribution >= 4 is 10.9 Å². The summed E-state index contributed by atoms with van der Waals surface area (Å²) in [6.45, 7) is 0. The topological polar surface area (TPSA) is 33.1 Å². The molecule has 2 nitrogen and oxygen atoms in total. The number of hydrogen-bond donors (Lipinski definition) is 1. The van der Waals surface area contributed by atoms with Gasteiger partial charge in [0.2, 0.25) is 0 Å². The van der Waals surface area contributed by atoms with Crippen molar-refractivity contribution in [2.24, 2.45) is 0 Å². The quantitative estimate of drug-likeness (QED) is 0.297. The Labute approximate surface area is 152 Å². The van der Waals surface area contributed by atoms with Crippen LogP contribution in [-0.4, -0.2) is 10.1 Å². The molecule has 0 aliphatic rings. The molecule has 20 heavy (non-hydrogen) atoms. The van der Waals surface area contributed by atoms with Gasteiger partial charge in [-0.25, -0.2) is 12.1 Å². The zero-order chi connectivity index (χ0) is 11.2. The molecule has 6 heteroatoms. The molecule has 0 saturated carbocycles. The number of para-hydroxylation sites is 1. The zero-order valence-electron chi connectivity index (χ0n) is 10.3. The van der Waals surface area contributed by atoms with E-state index in [0.29, 0.717) is 5.52 Å². The number of rotatable bonds is 0. The Bertz CT molecular complexity index is 539. The van der Waals surface area contributed by atoms with Crippen LogP contribution < -0.4 is 37.2 Å². The number of benzene rings is 1. The molecule has 3 aromatic rings. The van der Waals surface area contributed by atoms with Gasteiger partial charge in [-0.1, -0.05) is 18.2 Å². The Balaban J connectivity index is -0.000000283. The second-order valence-corrected chi connectivity index (χ2v) is 3.31. The van der Waals surface area contributed by atoms with Gasteiger partial charge in [-0.05, 0) is 12.1 Å². The van der Waals surface area contributed by atoms with Gasteiger partial charge in [0.25, 0.3) is 0 Å². The summed E-state index contributed by atoms with van der Waals surface area (Å²) in [6.07, 6.45) is 1.67. The molecule has 0 amide bonds. The van der Waals surface area contributed by atoms with Crippen molar-refractivity contribution < 1.29 is 64.7 Å². The Morgan fingerprint density at radius 2 is 1.45 bits per heavy atom. The van der Waals surface area contributed by atoms with E-state index in [1.54, 1.807) is 18.3 Å². The summed E-state index contributed by atoms with van der Waals surface area (Å²) in [5.74, 6) is 0.239. The fraction of sp³-hybridized carbons (Fsp3) is 0.